The average Bonchev–Trinajstić information content (AvgIpc) is 2.71. The van der Waals surface area contributed by atoms with Crippen LogP contribution in [0.15, 0.2) is 42.5 Å². The van der Waals surface area contributed by atoms with E-state index >= 15 is 0 Å². The van der Waals surface area contributed by atoms with Gasteiger partial charge in [-0.2, -0.15) is 0 Å². The van der Waals surface area contributed by atoms with Gasteiger partial charge in [0.05, 0.1) is 11.9 Å². The predicted octanol–water partition coefficient (Wildman–Crippen LogP) is 3.32. The molecule has 2 aromatic carbocycles. The van der Waals surface area contributed by atoms with E-state index in [9.17, 15) is 18.0 Å². The van der Waals surface area contributed by atoms with Gasteiger partial charge in [-0.1, -0.05) is 42.8 Å². The van der Waals surface area contributed by atoms with Crippen LogP contribution in [-0.2, 0) is 26.2 Å². The molecule has 0 fully saturated rings. The van der Waals surface area contributed by atoms with Gasteiger partial charge in [-0.15, -0.1) is 0 Å². The van der Waals surface area contributed by atoms with Crippen LogP contribution in [0.4, 0.5) is 5.69 Å². The number of sulfonamides is 1. The summed E-state index contributed by atoms with van der Waals surface area (Å²) in [6.07, 6.45) is 1.86. The van der Waals surface area contributed by atoms with Crippen LogP contribution in [0.5, 0.6) is 0 Å². The highest BCUT2D eigenvalue weighted by Gasteiger charge is 2.30. The lowest BCUT2D eigenvalue weighted by Crippen LogP contribution is -2.51. The highest BCUT2D eigenvalue weighted by Crippen LogP contribution is 2.22. The maximum atomic E-state index is 13.5. The van der Waals surface area contributed by atoms with Crippen LogP contribution in [-0.4, -0.2) is 50.5 Å². The zero-order valence-corrected chi connectivity index (χ0v) is 21.2. The van der Waals surface area contributed by atoms with Gasteiger partial charge >= 0.3 is 0 Å². The molecule has 0 unspecified atom stereocenters. The number of amides is 2. The summed E-state index contributed by atoms with van der Waals surface area (Å²) < 4.78 is 26.4. The van der Waals surface area contributed by atoms with Crippen LogP contribution >= 0.6 is 0 Å². The molecule has 180 valence electrons. The molecule has 0 aliphatic rings. The van der Waals surface area contributed by atoms with Crippen molar-refractivity contribution in [2.45, 2.75) is 53.6 Å². The van der Waals surface area contributed by atoms with Gasteiger partial charge < -0.3 is 10.2 Å². The average molecular weight is 474 g/mol. The molecule has 2 aromatic rings. The molecule has 2 amide bonds. The minimum atomic E-state index is -3.73. The second-order valence-corrected chi connectivity index (χ2v) is 10.5. The molecule has 8 heteroatoms. The van der Waals surface area contributed by atoms with E-state index in [1.165, 1.54) is 4.90 Å². The number of carbonyl (C=O) groups excluding carboxylic acids is 2. The van der Waals surface area contributed by atoms with Crippen molar-refractivity contribution in [2.24, 2.45) is 0 Å². The Morgan fingerprint density at radius 3 is 2.18 bits per heavy atom. The van der Waals surface area contributed by atoms with E-state index in [2.05, 4.69) is 5.32 Å². The van der Waals surface area contributed by atoms with E-state index < -0.39 is 22.0 Å². The Hall–Kier alpha value is -2.87. The van der Waals surface area contributed by atoms with Gasteiger partial charge in [0.15, 0.2) is 0 Å². The summed E-state index contributed by atoms with van der Waals surface area (Å²) >= 11 is 0. The van der Waals surface area contributed by atoms with Crippen molar-refractivity contribution >= 4 is 27.5 Å². The molecule has 0 radical (unpaired) electrons. The molecule has 0 aliphatic heterocycles. The fourth-order valence-corrected chi connectivity index (χ4v) is 4.53. The number of nitrogens with zero attached hydrogens (tertiary/aromatic N) is 2. The van der Waals surface area contributed by atoms with E-state index in [1.807, 2.05) is 58.0 Å². The highest BCUT2D eigenvalue weighted by atomic mass is 32.2. The van der Waals surface area contributed by atoms with E-state index in [1.54, 1.807) is 19.1 Å². The first-order chi connectivity index (χ1) is 15.4. The van der Waals surface area contributed by atoms with Crippen molar-refractivity contribution in [1.82, 2.24) is 10.2 Å². The fraction of sp³-hybridized carbons (Fsp3) is 0.440. The lowest BCUT2D eigenvalue weighted by molar-refractivity contribution is -0.139. The largest absolute Gasteiger partial charge is 0.354 e. The van der Waals surface area contributed by atoms with Crippen LogP contribution in [0.2, 0.25) is 0 Å². The number of hydrogen-bond acceptors (Lipinski definition) is 4. The Bertz CT molecular complexity index is 1080. The summed E-state index contributed by atoms with van der Waals surface area (Å²) in [5.41, 5.74) is 4.14. The Morgan fingerprint density at radius 1 is 1.00 bits per heavy atom. The molecule has 0 saturated heterocycles. The second kappa shape index (κ2) is 11.3. The zero-order valence-electron chi connectivity index (χ0n) is 20.4. The standard InChI is InChI=1S/C25H35N3O4S/c1-7-11-26-25(30)21(5)27(16-22-10-8-9-18(2)13-22)24(29)17-28(33(6,31)32)23-14-19(3)12-20(4)15-23/h8-10,12-15,21H,7,11,16-17H2,1-6H3,(H,26,30)/t21-/m1/s1. The van der Waals surface area contributed by atoms with Crippen LogP contribution in [0.3, 0.4) is 0 Å². The second-order valence-electron chi connectivity index (χ2n) is 8.59. The van der Waals surface area contributed by atoms with Crippen molar-refractivity contribution in [1.29, 1.82) is 0 Å². The highest BCUT2D eigenvalue weighted by molar-refractivity contribution is 7.92. The zero-order chi connectivity index (χ0) is 24.8. The number of aryl methyl sites for hydroxylation is 3. The summed E-state index contributed by atoms with van der Waals surface area (Å²) in [4.78, 5) is 27.6. The molecular weight excluding hydrogens is 438 g/mol. The number of nitrogens with one attached hydrogen (secondary N) is 1. The molecule has 2 rings (SSSR count). The molecule has 0 bridgehead atoms. The first-order valence-corrected chi connectivity index (χ1v) is 13.0. The van der Waals surface area contributed by atoms with E-state index in [0.29, 0.717) is 12.2 Å². The molecule has 1 atom stereocenters. The molecule has 0 spiro atoms. The Balaban J connectivity index is 2.40. The number of anilines is 1. The lowest BCUT2D eigenvalue weighted by Gasteiger charge is -2.31. The molecule has 0 heterocycles. The summed E-state index contributed by atoms with van der Waals surface area (Å²) in [5, 5.41) is 2.83. The van der Waals surface area contributed by atoms with E-state index in [-0.39, 0.29) is 19.0 Å². The minimum Gasteiger partial charge on any atom is -0.354 e. The van der Waals surface area contributed by atoms with Crippen LogP contribution < -0.4 is 9.62 Å². The smallest absolute Gasteiger partial charge is 0.244 e. The van der Waals surface area contributed by atoms with Gasteiger partial charge in [-0.3, -0.25) is 13.9 Å². The van der Waals surface area contributed by atoms with Crippen molar-refractivity contribution < 1.29 is 18.0 Å². The first kappa shape index (κ1) is 26.4. The monoisotopic (exact) mass is 473 g/mol. The van der Waals surface area contributed by atoms with Crippen molar-refractivity contribution in [2.75, 3.05) is 23.7 Å². The van der Waals surface area contributed by atoms with Gasteiger partial charge in [0.2, 0.25) is 21.8 Å². The van der Waals surface area contributed by atoms with Gasteiger partial charge in [-0.25, -0.2) is 8.42 Å². The van der Waals surface area contributed by atoms with Crippen molar-refractivity contribution in [3.05, 3.63) is 64.7 Å². The lowest BCUT2D eigenvalue weighted by atomic mass is 10.1. The number of benzene rings is 2. The van der Waals surface area contributed by atoms with Crippen LogP contribution in [0, 0.1) is 20.8 Å². The fourth-order valence-electron chi connectivity index (χ4n) is 3.69. The summed E-state index contributed by atoms with van der Waals surface area (Å²) in [6, 6.07) is 12.4. The third-order valence-corrected chi connectivity index (χ3v) is 6.47. The molecule has 1 N–H and O–H groups in total. The van der Waals surface area contributed by atoms with Gasteiger partial charge in [-0.05, 0) is 62.9 Å². The SMILES string of the molecule is CCCNC(=O)[C@@H](C)N(Cc1cccc(C)c1)C(=O)CN(c1cc(C)cc(C)c1)S(C)(=O)=O. The van der Waals surface area contributed by atoms with Gasteiger partial charge in [0, 0.05) is 13.1 Å². The maximum Gasteiger partial charge on any atom is 0.244 e. The first-order valence-electron chi connectivity index (χ1n) is 11.1. The molecule has 0 saturated carbocycles. The topological polar surface area (TPSA) is 86.8 Å². The molecule has 0 aromatic heterocycles. The van der Waals surface area contributed by atoms with Crippen molar-refractivity contribution in [3.8, 4) is 0 Å². The Kier molecular flexibility index (Phi) is 9.05. The van der Waals surface area contributed by atoms with E-state index in [0.717, 1.165) is 39.2 Å². The quantitative estimate of drug-likeness (QED) is 0.574. The number of hydrogen-bond donors (Lipinski definition) is 1. The number of carbonyl (C=O) groups is 2. The summed E-state index contributed by atoms with van der Waals surface area (Å²) in [5.74, 6) is -0.713. The normalized spacial score (nSPS) is 12.2. The van der Waals surface area contributed by atoms with Gasteiger partial charge in [0.25, 0.3) is 0 Å². The third-order valence-electron chi connectivity index (χ3n) is 5.33. The van der Waals surface area contributed by atoms with Gasteiger partial charge in [0.1, 0.15) is 12.6 Å². The van der Waals surface area contributed by atoms with Crippen LogP contribution in [0.1, 0.15) is 42.5 Å². The molecule has 33 heavy (non-hydrogen) atoms. The molecular formula is C25H35N3O4S. The van der Waals surface area contributed by atoms with Crippen LogP contribution in [0.25, 0.3) is 0 Å². The summed E-state index contributed by atoms with van der Waals surface area (Å²) in [7, 11) is -3.73. The minimum absolute atomic E-state index is 0.200. The van der Waals surface area contributed by atoms with E-state index in [4.69, 9.17) is 0 Å². The number of rotatable bonds is 10. The maximum absolute atomic E-state index is 13.5. The Labute approximate surface area is 197 Å². The molecule has 0 aliphatic carbocycles. The van der Waals surface area contributed by atoms with Crippen molar-refractivity contribution in [3.63, 3.8) is 0 Å². The predicted molar refractivity (Wildman–Crippen MR) is 133 cm³/mol. The summed E-state index contributed by atoms with van der Waals surface area (Å²) in [6.45, 7) is 9.65. The third kappa shape index (κ3) is 7.60. The Morgan fingerprint density at radius 2 is 1.64 bits per heavy atom. The molecule has 7 nitrogen and oxygen atoms in total.